The van der Waals surface area contributed by atoms with Crippen LogP contribution in [0.25, 0.3) is 11.1 Å². The Morgan fingerprint density at radius 3 is 2.73 bits per heavy atom. The first-order chi connectivity index (χ1) is 10.8. The van der Waals surface area contributed by atoms with Crippen molar-refractivity contribution in [2.24, 2.45) is 5.92 Å². The minimum atomic E-state index is 0.197. The molecule has 0 radical (unpaired) electrons. The van der Waals surface area contributed by atoms with Gasteiger partial charge in [0.15, 0.2) is 0 Å². The summed E-state index contributed by atoms with van der Waals surface area (Å²) in [5.41, 5.74) is 4.35. The number of ether oxygens (including phenoxy) is 1. The van der Waals surface area contributed by atoms with Crippen LogP contribution in [0.2, 0.25) is 0 Å². The maximum atomic E-state index is 12.8. The van der Waals surface area contributed by atoms with Crippen molar-refractivity contribution in [3.05, 3.63) is 48.0 Å². The number of amides is 1. The molecular formula is C19H19NO2. The second-order valence-electron chi connectivity index (χ2n) is 6.16. The van der Waals surface area contributed by atoms with Crippen LogP contribution >= 0.6 is 0 Å². The average molecular weight is 293 g/mol. The zero-order chi connectivity index (χ0) is 15.1. The van der Waals surface area contributed by atoms with E-state index in [9.17, 15) is 4.79 Å². The average Bonchev–Trinajstić information content (AvgIpc) is 3.37. The van der Waals surface area contributed by atoms with Crippen molar-refractivity contribution >= 4 is 11.6 Å². The maximum absolute atomic E-state index is 12.8. The van der Waals surface area contributed by atoms with Crippen molar-refractivity contribution in [1.29, 1.82) is 0 Å². The van der Waals surface area contributed by atoms with E-state index in [2.05, 4.69) is 12.1 Å². The molecule has 1 heterocycles. The first kappa shape index (κ1) is 13.4. The number of anilines is 1. The van der Waals surface area contributed by atoms with Crippen molar-refractivity contribution in [1.82, 2.24) is 0 Å². The van der Waals surface area contributed by atoms with E-state index in [1.807, 2.05) is 35.2 Å². The van der Waals surface area contributed by atoms with Crippen LogP contribution in [0.5, 0.6) is 5.75 Å². The fourth-order valence-corrected chi connectivity index (χ4v) is 3.18. The SMILES string of the molecule is COc1ccc2c(c1)-c1ccccc1CC(=O)N2CC1CC1. The zero-order valence-electron chi connectivity index (χ0n) is 12.7. The molecule has 0 spiro atoms. The molecule has 2 aromatic carbocycles. The Kier molecular flexibility index (Phi) is 3.14. The Balaban J connectivity index is 1.89. The second-order valence-corrected chi connectivity index (χ2v) is 6.16. The van der Waals surface area contributed by atoms with E-state index in [1.165, 1.54) is 12.8 Å². The van der Waals surface area contributed by atoms with Gasteiger partial charge in [0.1, 0.15) is 5.75 Å². The van der Waals surface area contributed by atoms with Gasteiger partial charge in [-0.2, -0.15) is 0 Å². The van der Waals surface area contributed by atoms with Gasteiger partial charge in [-0.05, 0) is 48.1 Å². The highest BCUT2D eigenvalue weighted by Crippen LogP contribution is 2.41. The lowest BCUT2D eigenvalue weighted by Crippen LogP contribution is -2.33. The first-order valence-electron chi connectivity index (χ1n) is 7.83. The number of fused-ring (bicyclic) bond motifs is 3. The molecule has 3 nitrogen and oxygen atoms in total. The van der Waals surface area contributed by atoms with Gasteiger partial charge in [-0.25, -0.2) is 0 Å². The van der Waals surface area contributed by atoms with Gasteiger partial charge in [-0.15, -0.1) is 0 Å². The summed E-state index contributed by atoms with van der Waals surface area (Å²) < 4.78 is 5.39. The maximum Gasteiger partial charge on any atom is 0.231 e. The number of hydrogen-bond donors (Lipinski definition) is 0. The third-order valence-electron chi connectivity index (χ3n) is 4.58. The highest BCUT2D eigenvalue weighted by molar-refractivity contribution is 6.02. The minimum Gasteiger partial charge on any atom is -0.497 e. The standard InChI is InChI=1S/C19H19NO2/c1-22-15-8-9-18-17(11-15)16-5-3-2-4-14(16)10-19(21)20(18)12-13-6-7-13/h2-5,8-9,11,13H,6-7,10,12H2,1H3. The highest BCUT2D eigenvalue weighted by Gasteiger charge is 2.31. The summed E-state index contributed by atoms with van der Waals surface area (Å²) in [7, 11) is 1.68. The molecule has 0 saturated heterocycles. The molecule has 1 saturated carbocycles. The van der Waals surface area contributed by atoms with Gasteiger partial charge >= 0.3 is 0 Å². The molecular weight excluding hydrogens is 274 g/mol. The molecule has 1 aliphatic heterocycles. The molecule has 0 aromatic heterocycles. The minimum absolute atomic E-state index is 0.197. The van der Waals surface area contributed by atoms with Crippen LogP contribution in [-0.2, 0) is 11.2 Å². The molecule has 2 aromatic rings. The van der Waals surface area contributed by atoms with Crippen molar-refractivity contribution < 1.29 is 9.53 Å². The lowest BCUT2D eigenvalue weighted by Gasteiger charge is -2.23. The molecule has 1 amide bonds. The predicted molar refractivity (Wildman–Crippen MR) is 87.2 cm³/mol. The summed E-state index contributed by atoms with van der Waals surface area (Å²) >= 11 is 0. The monoisotopic (exact) mass is 293 g/mol. The number of carbonyl (C=O) groups is 1. The fraction of sp³-hybridized carbons (Fsp3) is 0.316. The Hall–Kier alpha value is -2.29. The Bertz CT molecular complexity index is 734. The zero-order valence-corrected chi connectivity index (χ0v) is 12.7. The van der Waals surface area contributed by atoms with E-state index >= 15 is 0 Å². The van der Waals surface area contributed by atoms with Crippen LogP contribution in [0.4, 0.5) is 5.69 Å². The topological polar surface area (TPSA) is 29.5 Å². The molecule has 0 bridgehead atoms. The molecule has 2 aliphatic rings. The predicted octanol–water partition coefficient (Wildman–Crippen LogP) is 3.66. The molecule has 112 valence electrons. The molecule has 0 N–H and O–H groups in total. The summed E-state index contributed by atoms with van der Waals surface area (Å²) in [5, 5.41) is 0. The van der Waals surface area contributed by atoms with Gasteiger partial charge in [0, 0.05) is 12.1 Å². The number of hydrogen-bond acceptors (Lipinski definition) is 2. The number of methoxy groups -OCH3 is 1. The lowest BCUT2D eigenvalue weighted by molar-refractivity contribution is -0.118. The van der Waals surface area contributed by atoms with Gasteiger partial charge < -0.3 is 9.64 Å². The van der Waals surface area contributed by atoms with Crippen molar-refractivity contribution in [2.75, 3.05) is 18.6 Å². The number of nitrogens with zero attached hydrogens (tertiary/aromatic N) is 1. The van der Waals surface area contributed by atoms with E-state index in [0.717, 1.165) is 34.7 Å². The summed E-state index contributed by atoms with van der Waals surface area (Å²) in [4.78, 5) is 14.7. The van der Waals surface area contributed by atoms with Crippen LogP contribution in [0.15, 0.2) is 42.5 Å². The lowest BCUT2D eigenvalue weighted by atomic mass is 9.97. The number of rotatable bonds is 3. The van der Waals surface area contributed by atoms with Gasteiger partial charge in [-0.3, -0.25) is 4.79 Å². The number of benzene rings is 2. The third kappa shape index (κ3) is 2.27. The number of carbonyl (C=O) groups excluding carboxylic acids is 1. The normalized spacial score (nSPS) is 16.8. The largest absolute Gasteiger partial charge is 0.497 e. The Labute approximate surface area is 130 Å². The van der Waals surface area contributed by atoms with Gasteiger partial charge in [0.05, 0.1) is 19.2 Å². The third-order valence-corrected chi connectivity index (χ3v) is 4.58. The van der Waals surface area contributed by atoms with Crippen LogP contribution < -0.4 is 9.64 Å². The molecule has 22 heavy (non-hydrogen) atoms. The summed E-state index contributed by atoms with van der Waals surface area (Å²) in [6.07, 6.45) is 2.95. The highest BCUT2D eigenvalue weighted by atomic mass is 16.5. The molecule has 1 aliphatic carbocycles. The molecule has 0 atom stereocenters. The Morgan fingerprint density at radius 1 is 1.14 bits per heavy atom. The van der Waals surface area contributed by atoms with Crippen molar-refractivity contribution in [2.45, 2.75) is 19.3 Å². The van der Waals surface area contributed by atoms with E-state index in [4.69, 9.17) is 4.74 Å². The summed E-state index contributed by atoms with van der Waals surface area (Å²) in [6.45, 7) is 0.839. The van der Waals surface area contributed by atoms with Crippen molar-refractivity contribution in [3.63, 3.8) is 0 Å². The molecule has 4 rings (SSSR count). The fourth-order valence-electron chi connectivity index (χ4n) is 3.18. The smallest absolute Gasteiger partial charge is 0.231 e. The molecule has 3 heteroatoms. The van der Waals surface area contributed by atoms with Gasteiger partial charge in [0.25, 0.3) is 0 Å². The summed E-state index contributed by atoms with van der Waals surface area (Å²) in [5.74, 6) is 1.69. The molecule has 0 unspecified atom stereocenters. The van der Waals surface area contributed by atoms with Crippen LogP contribution in [-0.4, -0.2) is 19.6 Å². The summed E-state index contributed by atoms with van der Waals surface area (Å²) in [6, 6.07) is 14.2. The Morgan fingerprint density at radius 2 is 1.95 bits per heavy atom. The quantitative estimate of drug-likeness (QED) is 0.864. The van der Waals surface area contributed by atoms with E-state index < -0.39 is 0 Å². The van der Waals surface area contributed by atoms with Crippen LogP contribution in [0.3, 0.4) is 0 Å². The van der Waals surface area contributed by atoms with Crippen molar-refractivity contribution in [3.8, 4) is 16.9 Å². The van der Waals surface area contributed by atoms with E-state index in [0.29, 0.717) is 12.3 Å². The van der Waals surface area contributed by atoms with E-state index in [-0.39, 0.29) is 5.91 Å². The molecule has 1 fully saturated rings. The second kappa shape index (κ2) is 5.16. The first-order valence-corrected chi connectivity index (χ1v) is 7.83. The van der Waals surface area contributed by atoms with Crippen LogP contribution in [0, 0.1) is 5.92 Å². The van der Waals surface area contributed by atoms with E-state index in [1.54, 1.807) is 7.11 Å². The van der Waals surface area contributed by atoms with Crippen LogP contribution in [0.1, 0.15) is 18.4 Å². The van der Waals surface area contributed by atoms with Gasteiger partial charge in [0.2, 0.25) is 5.91 Å². The van der Waals surface area contributed by atoms with Gasteiger partial charge in [-0.1, -0.05) is 24.3 Å².